The van der Waals surface area contributed by atoms with Crippen LogP contribution in [0.1, 0.15) is 19.4 Å². The van der Waals surface area contributed by atoms with Gasteiger partial charge in [-0.3, -0.25) is 4.79 Å². The third kappa shape index (κ3) is 5.33. The molecule has 3 nitrogen and oxygen atoms in total. The third-order valence-corrected chi connectivity index (χ3v) is 5.15. The van der Waals surface area contributed by atoms with E-state index in [1.165, 1.54) is 11.8 Å². The van der Waals surface area contributed by atoms with E-state index in [1.54, 1.807) is 26.0 Å². The van der Waals surface area contributed by atoms with Gasteiger partial charge >= 0.3 is 5.97 Å². The highest BCUT2D eigenvalue weighted by atomic mass is 35.5. The Morgan fingerprint density at radius 1 is 1.17 bits per heavy atom. The second-order valence-electron chi connectivity index (χ2n) is 5.72. The van der Waals surface area contributed by atoms with Crippen LogP contribution in [0.3, 0.4) is 0 Å². The summed E-state index contributed by atoms with van der Waals surface area (Å²) >= 11 is 13.3. The molecule has 1 N–H and O–H groups in total. The summed E-state index contributed by atoms with van der Waals surface area (Å²) in [6.07, 6.45) is 0.679. The van der Waals surface area contributed by atoms with E-state index >= 15 is 0 Å². The van der Waals surface area contributed by atoms with Crippen LogP contribution in [-0.2, 0) is 11.2 Å². The van der Waals surface area contributed by atoms with Crippen LogP contribution in [0.5, 0.6) is 5.75 Å². The van der Waals surface area contributed by atoms with Crippen LogP contribution in [0.4, 0.5) is 0 Å². The van der Waals surface area contributed by atoms with Crippen molar-refractivity contribution in [2.45, 2.75) is 29.9 Å². The Morgan fingerprint density at radius 3 is 2.42 bits per heavy atom. The van der Waals surface area contributed by atoms with Crippen molar-refractivity contribution in [2.75, 3.05) is 6.61 Å². The minimum atomic E-state index is -0.867. The number of ether oxygens (including phenoxy) is 1. The number of carboxylic acids is 1. The zero-order chi connectivity index (χ0) is 17.7. The number of hydrogen-bond donors (Lipinski definition) is 1. The molecule has 0 aliphatic heterocycles. The van der Waals surface area contributed by atoms with E-state index < -0.39 is 10.7 Å². The van der Waals surface area contributed by atoms with Crippen molar-refractivity contribution in [1.82, 2.24) is 0 Å². The molecule has 2 aromatic rings. The fourth-order valence-corrected chi connectivity index (χ4v) is 3.40. The van der Waals surface area contributed by atoms with E-state index in [0.29, 0.717) is 23.1 Å². The fourth-order valence-electron chi connectivity index (χ4n) is 1.95. The van der Waals surface area contributed by atoms with E-state index in [0.717, 1.165) is 16.2 Å². The molecule has 0 aliphatic rings. The molecular weight excluding hydrogens is 367 g/mol. The Labute approximate surface area is 155 Å². The fraction of sp³-hybridized carbons (Fsp3) is 0.278. The number of carbonyl (C=O) groups is 1. The van der Waals surface area contributed by atoms with Crippen molar-refractivity contribution in [3.63, 3.8) is 0 Å². The molecule has 0 atom stereocenters. The largest absolute Gasteiger partial charge is 0.493 e. The maximum Gasteiger partial charge on any atom is 0.319 e. The first-order valence-corrected chi connectivity index (χ1v) is 8.94. The monoisotopic (exact) mass is 384 g/mol. The lowest BCUT2D eigenvalue weighted by molar-refractivity contribution is -0.138. The lowest BCUT2D eigenvalue weighted by Crippen LogP contribution is -2.26. The Bertz CT molecular complexity index is 715. The summed E-state index contributed by atoms with van der Waals surface area (Å²) in [7, 11) is 0. The summed E-state index contributed by atoms with van der Waals surface area (Å²) in [5.41, 5.74) is 0.983. The lowest BCUT2D eigenvalue weighted by atomic mass is 10.2. The molecular formula is C18H18Cl2O3S. The Balaban J connectivity index is 1.89. The highest BCUT2D eigenvalue weighted by molar-refractivity contribution is 8.01. The average Bonchev–Trinajstić information content (AvgIpc) is 2.50. The van der Waals surface area contributed by atoms with Gasteiger partial charge < -0.3 is 9.84 Å². The summed E-state index contributed by atoms with van der Waals surface area (Å²) in [4.78, 5) is 12.0. The van der Waals surface area contributed by atoms with Crippen LogP contribution in [0.15, 0.2) is 47.4 Å². The molecule has 0 bridgehead atoms. The predicted molar refractivity (Wildman–Crippen MR) is 99.7 cm³/mol. The second kappa shape index (κ2) is 8.15. The number of thioether (sulfide) groups is 1. The van der Waals surface area contributed by atoms with Crippen molar-refractivity contribution >= 4 is 40.9 Å². The summed E-state index contributed by atoms with van der Waals surface area (Å²) in [6, 6.07) is 12.8. The van der Waals surface area contributed by atoms with Gasteiger partial charge in [0.15, 0.2) is 0 Å². The van der Waals surface area contributed by atoms with Crippen molar-refractivity contribution in [3.8, 4) is 5.75 Å². The van der Waals surface area contributed by atoms with Gasteiger partial charge in [-0.05, 0) is 55.8 Å². The van der Waals surface area contributed by atoms with Crippen LogP contribution in [0, 0.1) is 0 Å². The van der Waals surface area contributed by atoms with Gasteiger partial charge in [0.1, 0.15) is 10.5 Å². The predicted octanol–water partition coefficient (Wildman–Crippen LogP) is 5.57. The van der Waals surface area contributed by atoms with E-state index in [-0.39, 0.29) is 0 Å². The van der Waals surface area contributed by atoms with E-state index in [9.17, 15) is 4.79 Å². The minimum absolute atomic E-state index is 0.495. The third-order valence-electron chi connectivity index (χ3n) is 3.37. The van der Waals surface area contributed by atoms with Gasteiger partial charge in [0.25, 0.3) is 0 Å². The maximum absolute atomic E-state index is 11.2. The average molecular weight is 385 g/mol. The first kappa shape index (κ1) is 19.0. The van der Waals surface area contributed by atoms with Crippen LogP contribution >= 0.6 is 35.0 Å². The van der Waals surface area contributed by atoms with Crippen molar-refractivity contribution < 1.29 is 14.6 Å². The summed E-state index contributed by atoms with van der Waals surface area (Å²) in [6.45, 7) is 3.86. The number of aliphatic carboxylic acids is 1. The van der Waals surface area contributed by atoms with Crippen molar-refractivity contribution in [3.05, 3.63) is 58.1 Å². The quantitative estimate of drug-likeness (QED) is 0.633. The van der Waals surface area contributed by atoms with Crippen molar-refractivity contribution in [1.29, 1.82) is 0 Å². The molecule has 0 spiro atoms. The molecule has 0 aromatic heterocycles. The van der Waals surface area contributed by atoms with Gasteiger partial charge in [0, 0.05) is 21.4 Å². The summed E-state index contributed by atoms with van der Waals surface area (Å²) in [5.74, 6) is -0.106. The van der Waals surface area contributed by atoms with Gasteiger partial charge in [-0.2, -0.15) is 0 Å². The van der Waals surface area contributed by atoms with Gasteiger partial charge in [0.05, 0.1) is 6.61 Å². The number of rotatable bonds is 7. The number of hydrogen-bond acceptors (Lipinski definition) is 3. The second-order valence-corrected chi connectivity index (χ2v) is 8.26. The molecule has 2 rings (SSSR count). The Morgan fingerprint density at radius 2 is 1.83 bits per heavy atom. The molecule has 0 unspecified atom stereocenters. The standard InChI is InChI=1S/C18H18Cl2O3S/c1-18(2,17(21)22)24-15-7-5-14(6-8-15)23-10-9-12-3-4-13(19)11-16(12)20/h3-8,11H,9-10H2,1-2H3,(H,21,22). The molecule has 24 heavy (non-hydrogen) atoms. The van der Waals surface area contributed by atoms with E-state index in [2.05, 4.69) is 0 Å². The number of carboxylic acid groups (broad SMARTS) is 1. The molecule has 0 fully saturated rings. The first-order valence-electron chi connectivity index (χ1n) is 7.37. The van der Waals surface area contributed by atoms with Crippen LogP contribution < -0.4 is 4.74 Å². The molecule has 128 valence electrons. The molecule has 6 heteroatoms. The van der Waals surface area contributed by atoms with E-state index in [1.807, 2.05) is 30.3 Å². The highest BCUT2D eigenvalue weighted by Crippen LogP contribution is 2.33. The van der Waals surface area contributed by atoms with Gasteiger partial charge in [-0.1, -0.05) is 29.3 Å². The van der Waals surface area contributed by atoms with E-state index in [4.69, 9.17) is 33.0 Å². The maximum atomic E-state index is 11.2. The van der Waals surface area contributed by atoms with Gasteiger partial charge in [0.2, 0.25) is 0 Å². The Hall–Kier alpha value is -1.36. The molecule has 0 heterocycles. The van der Waals surface area contributed by atoms with Gasteiger partial charge in [-0.25, -0.2) is 0 Å². The summed E-state index contributed by atoms with van der Waals surface area (Å²) < 4.78 is 4.84. The normalized spacial score (nSPS) is 11.3. The van der Waals surface area contributed by atoms with Crippen LogP contribution in [-0.4, -0.2) is 22.4 Å². The van der Waals surface area contributed by atoms with Crippen LogP contribution in [0.2, 0.25) is 10.0 Å². The SMILES string of the molecule is CC(C)(Sc1ccc(OCCc2ccc(Cl)cc2Cl)cc1)C(=O)O. The number of halogens is 2. The zero-order valence-electron chi connectivity index (χ0n) is 13.4. The number of benzene rings is 2. The Kier molecular flexibility index (Phi) is 6.44. The molecule has 2 aromatic carbocycles. The molecule has 0 radical (unpaired) electrons. The molecule has 0 amide bonds. The first-order chi connectivity index (χ1) is 11.3. The topological polar surface area (TPSA) is 46.5 Å². The zero-order valence-corrected chi connectivity index (χ0v) is 15.7. The summed E-state index contributed by atoms with van der Waals surface area (Å²) in [5, 5.41) is 10.4. The smallest absolute Gasteiger partial charge is 0.319 e. The molecule has 0 saturated heterocycles. The lowest BCUT2D eigenvalue weighted by Gasteiger charge is -2.18. The molecule has 0 aliphatic carbocycles. The van der Waals surface area contributed by atoms with Crippen LogP contribution in [0.25, 0.3) is 0 Å². The highest BCUT2D eigenvalue weighted by Gasteiger charge is 2.28. The van der Waals surface area contributed by atoms with Gasteiger partial charge in [-0.15, -0.1) is 11.8 Å². The van der Waals surface area contributed by atoms with Crippen molar-refractivity contribution in [2.24, 2.45) is 0 Å². The molecule has 0 saturated carbocycles. The minimum Gasteiger partial charge on any atom is -0.493 e.